The molecule has 11 atom stereocenters. The molecule has 4 aliphatic carbocycles. The van der Waals surface area contributed by atoms with Gasteiger partial charge in [0, 0.05) is 12.0 Å². The molecule has 5 rings (SSSR count). The summed E-state index contributed by atoms with van der Waals surface area (Å²) in [6.07, 6.45) is 10.4. The monoisotopic (exact) mass is 753 g/mol. The number of aliphatic imine (C=N–C) groups is 3. The first kappa shape index (κ1) is 42.0. The zero-order chi connectivity index (χ0) is 38.9. The van der Waals surface area contributed by atoms with E-state index in [0.717, 1.165) is 45.2 Å². The second kappa shape index (κ2) is 19.1. The Balaban J connectivity index is 1.36. The lowest BCUT2D eigenvalue weighted by Crippen LogP contribution is -2.63. The summed E-state index contributed by atoms with van der Waals surface area (Å²) in [4.78, 5) is 15.1. The third kappa shape index (κ3) is 10.2. The van der Waals surface area contributed by atoms with Gasteiger partial charge in [-0.25, -0.2) is 0 Å². The predicted octanol–water partition coefficient (Wildman–Crippen LogP) is 3.39. The Hall–Kier alpha value is -3.13. The van der Waals surface area contributed by atoms with Crippen molar-refractivity contribution in [1.29, 1.82) is 0 Å². The van der Waals surface area contributed by atoms with Gasteiger partial charge in [0.2, 0.25) is 0 Å². The Labute approximate surface area is 324 Å². The molecule has 0 aliphatic heterocycles. The van der Waals surface area contributed by atoms with Gasteiger partial charge in [-0.3, -0.25) is 15.0 Å². The molecule has 5 unspecified atom stereocenters. The number of hydrogen-bond donors (Lipinski definition) is 6. The SMILES string of the molecule is C[C@H](CCCN(C)Cc1ccccc1)[C@H]1CCC2C3C(OCCN=C(N)N)CC4C[C@H](OCCN=C(N)N)CC[C@]4(C)C3C[C@H](OCCN=C(N)N)[C@@]21C. The molecule has 13 heteroatoms. The molecule has 304 valence electrons. The summed E-state index contributed by atoms with van der Waals surface area (Å²) in [6.45, 7) is 12.6. The third-order valence-corrected chi connectivity index (χ3v) is 14.1. The average Bonchev–Trinajstić information content (AvgIpc) is 3.48. The number of benzene rings is 1. The number of nitrogens with zero attached hydrogens (tertiary/aromatic N) is 4. The zero-order valence-electron chi connectivity index (χ0n) is 33.6. The van der Waals surface area contributed by atoms with Crippen LogP contribution in [0.1, 0.15) is 84.1 Å². The van der Waals surface area contributed by atoms with Crippen LogP contribution in [0.3, 0.4) is 0 Å². The highest BCUT2D eigenvalue weighted by molar-refractivity contribution is 5.76. The standard InChI is InChI=1S/C41H72N10O3/c1-27(9-8-19-51(4)26-28-10-6-5-7-11-28)31-12-13-32-36-33(25-35(41(31,32)3)54-22-18-50-39(46)47)40(2)15-14-30(52-20-16-48-37(42)43)23-29(40)24-34(36)53-21-17-49-38(44)45/h5-7,10-11,27,29-36H,8-9,12-26H2,1-4H3,(H4,42,43,48)(H4,44,45,49)(H4,46,47,50)/t27-,29?,30-,31-,32?,33?,34?,35+,36?,40+,41-/m1/s1. The smallest absolute Gasteiger partial charge is 0.185 e. The van der Waals surface area contributed by atoms with Crippen LogP contribution in [0.4, 0.5) is 0 Å². The lowest BCUT2D eigenvalue weighted by molar-refractivity contribution is -0.226. The highest BCUT2D eigenvalue weighted by Crippen LogP contribution is 2.69. The molecule has 4 fully saturated rings. The van der Waals surface area contributed by atoms with Gasteiger partial charge < -0.3 is 53.5 Å². The molecule has 1 aromatic rings. The van der Waals surface area contributed by atoms with E-state index in [0.29, 0.717) is 75.0 Å². The van der Waals surface area contributed by atoms with E-state index in [-0.39, 0.29) is 47.0 Å². The van der Waals surface area contributed by atoms with E-state index in [1.807, 2.05) is 0 Å². The first-order chi connectivity index (χ1) is 25.8. The maximum atomic E-state index is 7.01. The minimum Gasteiger partial charge on any atom is -0.376 e. The number of ether oxygens (including phenoxy) is 3. The summed E-state index contributed by atoms with van der Waals surface area (Å²) >= 11 is 0. The molecule has 0 amide bonds. The normalized spacial score (nSPS) is 33.6. The highest BCUT2D eigenvalue weighted by atomic mass is 16.5. The second-order valence-corrected chi connectivity index (χ2v) is 17.3. The van der Waals surface area contributed by atoms with Crippen molar-refractivity contribution in [3.8, 4) is 0 Å². The molecule has 0 bridgehead atoms. The molecule has 0 spiro atoms. The van der Waals surface area contributed by atoms with Crippen LogP contribution in [0, 0.1) is 46.3 Å². The van der Waals surface area contributed by atoms with Crippen molar-refractivity contribution in [2.45, 2.75) is 103 Å². The van der Waals surface area contributed by atoms with Gasteiger partial charge in [0.25, 0.3) is 0 Å². The molecule has 12 N–H and O–H groups in total. The third-order valence-electron chi connectivity index (χ3n) is 14.1. The maximum Gasteiger partial charge on any atom is 0.185 e. The first-order valence-corrected chi connectivity index (χ1v) is 20.6. The van der Waals surface area contributed by atoms with E-state index >= 15 is 0 Å². The van der Waals surface area contributed by atoms with Gasteiger partial charge >= 0.3 is 0 Å². The molecule has 0 heterocycles. The van der Waals surface area contributed by atoms with Crippen molar-refractivity contribution in [3.63, 3.8) is 0 Å². The molecular formula is C41H72N10O3. The van der Waals surface area contributed by atoms with Gasteiger partial charge in [0.05, 0.1) is 57.8 Å². The van der Waals surface area contributed by atoms with Crippen LogP contribution in [0.15, 0.2) is 45.3 Å². The van der Waals surface area contributed by atoms with Gasteiger partial charge in [-0.2, -0.15) is 0 Å². The molecule has 4 saturated carbocycles. The van der Waals surface area contributed by atoms with Gasteiger partial charge in [0.15, 0.2) is 17.9 Å². The van der Waals surface area contributed by atoms with Crippen molar-refractivity contribution in [1.82, 2.24) is 4.90 Å². The van der Waals surface area contributed by atoms with Crippen molar-refractivity contribution in [2.24, 2.45) is 95.7 Å². The highest BCUT2D eigenvalue weighted by Gasteiger charge is 2.66. The van der Waals surface area contributed by atoms with E-state index in [2.05, 4.69) is 78.0 Å². The summed E-state index contributed by atoms with van der Waals surface area (Å²) in [5, 5.41) is 0. The Kier molecular flexibility index (Phi) is 14.9. The predicted molar refractivity (Wildman–Crippen MR) is 218 cm³/mol. The summed E-state index contributed by atoms with van der Waals surface area (Å²) in [5.74, 6) is 3.27. The van der Waals surface area contributed by atoms with E-state index in [4.69, 9.17) is 48.6 Å². The lowest BCUT2D eigenvalue weighted by Gasteiger charge is -2.64. The fourth-order valence-electron chi connectivity index (χ4n) is 11.6. The van der Waals surface area contributed by atoms with Gasteiger partial charge in [0.1, 0.15) is 0 Å². The van der Waals surface area contributed by atoms with Crippen LogP contribution in [-0.4, -0.2) is 94.1 Å². The van der Waals surface area contributed by atoms with Crippen LogP contribution >= 0.6 is 0 Å². The molecule has 0 aromatic heterocycles. The van der Waals surface area contributed by atoms with Gasteiger partial charge in [-0.15, -0.1) is 0 Å². The Bertz CT molecular complexity index is 1400. The molecule has 4 aliphatic rings. The summed E-state index contributed by atoms with van der Waals surface area (Å²) in [7, 11) is 2.24. The average molecular weight is 753 g/mol. The van der Waals surface area contributed by atoms with Crippen molar-refractivity contribution >= 4 is 17.9 Å². The fourth-order valence-corrected chi connectivity index (χ4v) is 11.6. The first-order valence-electron chi connectivity index (χ1n) is 20.6. The zero-order valence-corrected chi connectivity index (χ0v) is 33.6. The summed E-state index contributed by atoms with van der Waals surface area (Å²) in [5.41, 5.74) is 35.5. The number of nitrogens with two attached hydrogens (primary N) is 6. The summed E-state index contributed by atoms with van der Waals surface area (Å²) < 4.78 is 20.3. The van der Waals surface area contributed by atoms with Crippen molar-refractivity contribution in [2.75, 3.05) is 53.0 Å². The van der Waals surface area contributed by atoms with Crippen LogP contribution < -0.4 is 34.4 Å². The van der Waals surface area contributed by atoms with E-state index < -0.39 is 0 Å². The minimum absolute atomic E-state index is 0.00477. The van der Waals surface area contributed by atoms with Crippen molar-refractivity contribution in [3.05, 3.63) is 35.9 Å². The maximum absolute atomic E-state index is 7.01. The molecule has 0 saturated heterocycles. The van der Waals surface area contributed by atoms with E-state index in [9.17, 15) is 0 Å². The molecule has 1 aromatic carbocycles. The van der Waals surface area contributed by atoms with Crippen LogP contribution in [0.5, 0.6) is 0 Å². The van der Waals surface area contributed by atoms with Gasteiger partial charge in [-0.05, 0) is 118 Å². The van der Waals surface area contributed by atoms with E-state index in [1.165, 1.54) is 31.2 Å². The van der Waals surface area contributed by atoms with Crippen LogP contribution in [0.2, 0.25) is 0 Å². The molecule has 13 nitrogen and oxygen atoms in total. The topological polar surface area (TPSA) is 224 Å². The molecular weight excluding hydrogens is 681 g/mol. The van der Waals surface area contributed by atoms with Gasteiger partial charge in [-0.1, -0.05) is 51.1 Å². The van der Waals surface area contributed by atoms with Crippen LogP contribution in [0.25, 0.3) is 0 Å². The number of fused-ring (bicyclic) bond motifs is 5. The number of hydrogen-bond acceptors (Lipinski definition) is 7. The fraction of sp³-hybridized carbons (Fsp3) is 0.780. The summed E-state index contributed by atoms with van der Waals surface area (Å²) in [6, 6.07) is 10.8. The molecule has 54 heavy (non-hydrogen) atoms. The largest absolute Gasteiger partial charge is 0.376 e. The Morgan fingerprint density at radius 2 is 1.43 bits per heavy atom. The lowest BCUT2D eigenvalue weighted by atomic mass is 9.43. The number of rotatable bonds is 19. The van der Waals surface area contributed by atoms with E-state index in [1.54, 1.807) is 0 Å². The Morgan fingerprint density at radius 3 is 2.07 bits per heavy atom. The van der Waals surface area contributed by atoms with Crippen molar-refractivity contribution < 1.29 is 14.2 Å². The number of guanidine groups is 3. The minimum atomic E-state index is 0.00477. The Morgan fingerprint density at radius 1 is 0.796 bits per heavy atom. The second-order valence-electron chi connectivity index (χ2n) is 17.3. The molecule has 0 radical (unpaired) electrons. The van der Waals surface area contributed by atoms with Crippen LogP contribution in [-0.2, 0) is 20.8 Å². The quantitative estimate of drug-likeness (QED) is 0.0687.